The van der Waals surface area contributed by atoms with Crippen LogP contribution in [-0.2, 0) is 9.47 Å². The van der Waals surface area contributed by atoms with Crippen molar-refractivity contribution in [3.8, 4) is 0 Å². The molecular formula is C23H31NO3. The Hall–Kier alpha value is -1.72. The van der Waals surface area contributed by atoms with E-state index in [2.05, 4.69) is 67.3 Å². The second-order valence-electron chi connectivity index (χ2n) is 7.54. The van der Waals surface area contributed by atoms with Gasteiger partial charge in [-0.25, -0.2) is 0 Å². The second kappa shape index (κ2) is 10.00. The van der Waals surface area contributed by atoms with Crippen LogP contribution in [0.4, 0.5) is 0 Å². The van der Waals surface area contributed by atoms with Crippen LogP contribution in [-0.4, -0.2) is 61.2 Å². The number of nitrogens with zero attached hydrogens (tertiary/aromatic N) is 1. The fourth-order valence-corrected chi connectivity index (χ4v) is 3.86. The van der Waals surface area contributed by atoms with Gasteiger partial charge < -0.3 is 14.6 Å². The number of benzene rings is 2. The molecule has 4 heteroatoms. The molecular weight excluding hydrogens is 338 g/mol. The maximum Gasteiger partial charge on any atom is 0.0900 e. The highest BCUT2D eigenvalue weighted by Crippen LogP contribution is 2.24. The van der Waals surface area contributed by atoms with Crippen LogP contribution in [0.1, 0.15) is 30.9 Å². The average molecular weight is 370 g/mol. The normalized spacial score (nSPS) is 22.1. The van der Waals surface area contributed by atoms with Crippen LogP contribution in [0.3, 0.4) is 0 Å². The summed E-state index contributed by atoms with van der Waals surface area (Å²) in [6.45, 7) is 7.40. The number of rotatable bonds is 8. The van der Waals surface area contributed by atoms with Crippen molar-refractivity contribution in [3.63, 3.8) is 0 Å². The first-order valence-corrected chi connectivity index (χ1v) is 9.85. The van der Waals surface area contributed by atoms with E-state index in [4.69, 9.17) is 9.47 Å². The first-order chi connectivity index (χ1) is 13.1. The average Bonchev–Trinajstić information content (AvgIpc) is 2.66. The highest BCUT2D eigenvalue weighted by atomic mass is 16.5. The van der Waals surface area contributed by atoms with Gasteiger partial charge in [0.05, 0.1) is 31.5 Å². The summed E-state index contributed by atoms with van der Waals surface area (Å²) in [5.41, 5.74) is 2.46. The number of ether oxygens (including phenoxy) is 2. The molecule has 4 nitrogen and oxygen atoms in total. The maximum absolute atomic E-state index is 10.4. The quantitative estimate of drug-likeness (QED) is 0.775. The lowest BCUT2D eigenvalue weighted by Gasteiger charge is -2.36. The largest absolute Gasteiger partial charge is 0.389 e. The molecule has 0 spiro atoms. The van der Waals surface area contributed by atoms with Crippen LogP contribution in [0.15, 0.2) is 60.7 Å². The van der Waals surface area contributed by atoms with Crippen LogP contribution in [0.5, 0.6) is 0 Å². The minimum atomic E-state index is -0.491. The van der Waals surface area contributed by atoms with Crippen LogP contribution in [0.25, 0.3) is 0 Å². The summed E-state index contributed by atoms with van der Waals surface area (Å²) >= 11 is 0. The van der Waals surface area contributed by atoms with Crippen molar-refractivity contribution in [1.29, 1.82) is 0 Å². The Balaban J connectivity index is 1.53. The molecule has 0 amide bonds. The fraction of sp³-hybridized carbons (Fsp3) is 0.478. The molecule has 1 N–H and O–H groups in total. The number of β-amino-alcohol motifs (C(OH)–C–C–N with tert-alkyl or cyclic N) is 1. The summed E-state index contributed by atoms with van der Waals surface area (Å²) in [6.07, 6.45) is -0.0699. The fourth-order valence-electron chi connectivity index (χ4n) is 3.86. The molecule has 146 valence electrons. The maximum atomic E-state index is 10.4. The number of aliphatic hydroxyl groups excluding tert-OH is 1. The summed E-state index contributed by atoms with van der Waals surface area (Å²) in [4.78, 5) is 2.26. The lowest BCUT2D eigenvalue weighted by molar-refractivity contribution is -0.0821. The van der Waals surface area contributed by atoms with E-state index >= 15 is 0 Å². The Bertz CT molecular complexity index is 614. The Labute approximate surface area is 162 Å². The SMILES string of the molecule is C[C@@H]1CN(C[C@H](O)COCC(c2ccccc2)c2ccccc2)C[C@@H](C)O1. The Morgan fingerprint density at radius 1 is 0.926 bits per heavy atom. The molecule has 1 aliphatic rings. The van der Waals surface area contributed by atoms with Crippen molar-refractivity contribution in [2.24, 2.45) is 0 Å². The Morgan fingerprint density at radius 2 is 1.44 bits per heavy atom. The molecule has 3 atom stereocenters. The molecule has 1 aliphatic heterocycles. The van der Waals surface area contributed by atoms with Gasteiger partial charge in [-0.3, -0.25) is 4.90 Å². The van der Waals surface area contributed by atoms with E-state index < -0.39 is 6.10 Å². The molecule has 0 unspecified atom stereocenters. The Morgan fingerprint density at radius 3 is 1.96 bits per heavy atom. The van der Waals surface area contributed by atoms with Crippen molar-refractivity contribution < 1.29 is 14.6 Å². The van der Waals surface area contributed by atoms with Gasteiger partial charge >= 0.3 is 0 Å². The Kier molecular flexibility index (Phi) is 7.41. The van der Waals surface area contributed by atoms with Crippen LogP contribution >= 0.6 is 0 Å². The third-order valence-electron chi connectivity index (χ3n) is 4.96. The molecule has 2 aromatic rings. The van der Waals surface area contributed by atoms with E-state index in [1.807, 2.05) is 12.1 Å². The molecule has 0 aliphatic carbocycles. The van der Waals surface area contributed by atoms with E-state index in [9.17, 15) is 5.11 Å². The van der Waals surface area contributed by atoms with Gasteiger partial charge in [-0.2, -0.15) is 0 Å². The zero-order valence-corrected chi connectivity index (χ0v) is 16.3. The van der Waals surface area contributed by atoms with E-state index in [1.54, 1.807) is 0 Å². The van der Waals surface area contributed by atoms with Gasteiger partial charge in [-0.1, -0.05) is 60.7 Å². The summed E-state index contributed by atoms with van der Waals surface area (Å²) in [7, 11) is 0. The van der Waals surface area contributed by atoms with Crippen molar-refractivity contribution >= 4 is 0 Å². The molecule has 3 rings (SSSR count). The van der Waals surface area contributed by atoms with E-state index in [0.29, 0.717) is 19.8 Å². The van der Waals surface area contributed by atoms with Gasteiger partial charge in [0, 0.05) is 25.6 Å². The molecule has 0 bridgehead atoms. The number of hydrogen-bond acceptors (Lipinski definition) is 4. The third kappa shape index (κ3) is 6.15. The van der Waals surface area contributed by atoms with Gasteiger partial charge in [-0.05, 0) is 25.0 Å². The molecule has 0 aromatic heterocycles. The van der Waals surface area contributed by atoms with Crippen LogP contribution in [0.2, 0.25) is 0 Å². The summed E-state index contributed by atoms with van der Waals surface area (Å²) in [5, 5.41) is 10.4. The van der Waals surface area contributed by atoms with Crippen molar-refractivity contribution in [1.82, 2.24) is 4.90 Å². The topological polar surface area (TPSA) is 41.9 Å². The molecule has 0 saturated carbocycles. The first kappa shape index (κ1) is 20.0. The smallest absolute Gasteiger partial charge is 0.0900 e. The predicted octanol–water partition coefficient (Wildman–Crippen LogP) is 3.31. The third-order valence-corrected chi connectivity index (χ3v) is 4.96. The number of hydrogen-bond donors (Lipinski definition) is 1. The molecule has 0 radical (unpaired) electrons. The summed E-state index contributed by atoms with van der Waals surface area (Å²) in [6, 6.07) is 20.8. The zero-order chi connectivity index (χ0) is 19.1. The lowest BCUT2D eigenvalue weighted by atomic mass is 9.92. The lowest BCUT2D eigenvalue weighted by Crippen LogP contribution is -2.48. The van der Waals surface area contributed by atoms with Crippen molar-refractivity contribution in [2.45, 2.75) is 38.1 Å². The minimum absolute atomic E-state index is 0.169. The van der Waals surface area contributed by atoms with Gasteiger partial charge in [0.25, 0.3) is 0 Å². The van der Waals surface area contributed by atoms with Crippen LogP contribution < -0.4 is 0 Å². The molecule has 1 heterocycles. The van der Waals surface area contributed by atoms with Gasteiger partial charge in [0.1, 0.15) is 0 Å². The zero-order valence-electron chi connectivity index (χ0n) is 16.3. The highest BCUT2D eigenvalue weighted by Gasteiger charge is 2.24. The van der Waals surface area contributed by atoms with E-state index in [0.717, 1.165) is 13.1 Å². The first-order valence-electron chi connectivity index (χ1n) is 9.85. The van der Waals surface area contributed by atoms with Gasteiger partial charge in [0.2, 0.25) is 0 Å². The number of aliphatic hydroxyl groups is 1. The second-order valence-corrected chi connectivity index (χ2v) is 7.54. The predicted molar refractivity (Wildman–Crippen MR) is 108 cm³/mol. The summed E-state index contributed by atoms with van der Waals surface area (Å²) < 4.78 is 11.7. The van der Waals surface area contributed by atoms with E-state index in [1.165, 1.54) is 11.1 Å². The van der Waals surface area contributed by atoms with Crippen molar-refractivity contribution in [2.75, 3.05) is 32.8 Å². The van der Waals surface area contributed by atoms with Crippen LogP contribution in [0, 0.1) is 0 Å². The molecule has 1 fully saturated rings. The summed E-state index contributed by atoms with van der Waals surface area (Å²) in [5.74, 6) is 0.169. The molecule has 27 heavy (non-hydrogen) atoms. The van der Waals surface area contributed by atoms with Gasteiger partial charge in [0.15, 0.2) is 0 Å². The molecule has 1 saturated heterocycles. The number of morpholine rings is 1. The van der Waals surface area contributed by atoms with E-state index in [-0.39, 0.29) is 18.1 Å². The minimum Gasteiger partial charge on any atom is -0.389 e. The molecule has 2 aromatic carbocycles. The van der Waals surface area contributed by atoms with Crippen molar-refractivity contribution in [3.05, 3.63) is 71.8 Å². The van der Waals surface area contributed by atoms with Gasteiger partial charge in [-0.15, -0.1) is 0 Å². The highest BCUT2D eigenvalue weighted by molar-refractivity contribution is 5.32. The monoisotopic (exact) mass is 369 g/mol. The standard InChI is InChI=1S/C23H31NO3/c1-18-13-24(14-19(2)27-18)15-22(25)16-26-17-23(20-9-5-3-6-10-20)21-11-7-4-8-12-21/h3-12,18-19,22-23,25H,13-17H2,1-2H3/t18-,19-,22+/m1/s1.